The van der Waals surface area contributed by atoms with Crippen LogP contribution in [0.5, 0.6) is 5.75 Å². The number of rotatable bonds is 5. The van der Waals surface area contributed by atoms with Crippen LogP contribution in [0.3, 0.4) is 0 Å². The van der Waals surface area contributed by atoms with Crippen LogP contribution in [0.15, 0.2) is 29.2 Å². The molecule has 6 rings (SSSR count). The second-order valence-electron chi connectivity index (χ2n) is 9.83. The monoisotopic (exact) mass is 471 g/mol. The number of hydrogen-bond donors (Lipinski definition) is 3. The molecule has 10 heteroatoms. The van der Waals surface area contributed by atoms with Crippen molar-refractivity contribution in [2.45, 2.75) is 56.5 Å². The highest BCUT2D eigenvalue weighted by molar-refractivity contribution is 5.99. The van der Waals surface area contributed by atoms with Crippen molar-refractivity contribution in [3.05, 3.63) is 63.1 Å². The van der Waals surface area contributed by atoms with Crippen molar-refractivity contribution in [2.24, 2.45) is 11.8 Å². The van der Waals surface area contributed by atoms with Crippen LogP contribution in [0.2, 0.25) is 0 Å². The van der Waals surface area contributed by atoms with Crippen molar-refractivity contribution in [3.8, 4) is 5.75 Å². The van der Waals surface area contributed by atoms with Crippen molar-refractivity contribution in [1.82, 2.24) is 15.2 Å². The molecule has 0 saturated heterocycles. The number of carbonyl (C=O) groups excluding carboxylic acids is 2. The van der Waals surface area contributed by atoms with Crippen LogP contribution in [-0.2, 0) is 16.8 Å². The van der Waals surface area contributed by atoms with E-state index in [0.29, 0.717) is 24.7 Å². The van der Waals surface area contributed by atoms with Crippen molar-refractivity contribution in [2.75, 3.05) is 0 Å². The van der Waals surface area contributed by atoms with Gasteiger partial charge in [0, 0.05) is 17.8 Å². The lowest BCUT2D eigenvalue weighted by atomic mass is 10.0. The van der Waals surface area contributed by atoms with Gasteiger partial charge in [-0.1, -0.05) is 6.07 Å². The summed E-state index contributed by atoms with van der Waals surface area (Å²) in [6.07, 6.45) is 4.60. The summed E-state index contributed by atoms with van der Waals surface area (Å²) in [4.78, 5) is 38.4. The van der Waals surface area contributed by atoms with Crippen molar-refractivity contribution >= 4 is 11.8 Å². The van der Waals surface area contributed by atoms with Crippen LogP contribution in [0, 0.1) is 23.5 Å². The summed E-state index contributed by atoms with van der Waals surface area (Å²) in [6.45, 7) is 0.124. The van der Waals surface area contributed by atoms with Crippen LogP contribution in [0.25, 0.3) is 0 Å². The molecular formula is C24H23F2N3O5. The van der Waals surface area contributed by atoms with Gasteiger partial charge in [-0.3, -0.25) is 14.4 Å². The van der Waals surface area contributed by atoms with Crippen molar-refractivity contribution < 1.29 is 28.2 Å². The Kier molecular flexibility index (Phi) is 4.61. The molecule has 2 aromatic rings. The Morgan fingerprint density at radius 1 is 1.18 bits per heavy atom. The first kappa shape index (κ1) is 21.3. The first-order chi connectivity index (χ1) is 16.2. The maximum atomic E-state index is 14.3. The Labute approximate surface area is 192 Å². The molecule has 3 fully saturated rings. The molecule has 3 saturated carbocycles. The highest BCUT2D eigenvalue weighted by atomic mass is 19.1. The molecule has 1 aromatic carbocycles. The Bertz CT molecular complexity index is 1280. The summed E-state index contributed by atoms with van der Waals surface area (Å²) in [6, 6.07) is 3.12. The van der Waals surface area contributed by atoms with E-state index in [0.717, 1.165) is 25.0 Å². The number of halogens is 2. The SMILES string of the molecule is O=C(NC1(c2ccc(F)cc2F)CC1)c1cn2c(c(O)c1=O)C(=O)NC(OC1C[C@@H]3C[C@@H]3C1)C2. The number of fused-ring (bicyclic) bond motifs is 2. The van der Waals surface area contributed by atoms with Gasteiger partial charge in [-0.05, 0) is 50.0 Å². The topological polar surface area (TPSA) is 110 Å². The van der Waals surface area contributed by atoms with Crippen LogP contribution < -0.4 is 16.1 Å². The normalized spacial score (nSPS) is 28.0. The molecule has 2 heterocycles. The zero-order chi connectivity index (χ0) is 23.8. The van der Waals surface area contributed by atoms with E-state index in [1.165, 1.54) is 23.3 Å². The molecule has 4 atom stereocenters. The lowest BCUT2D eigenvalue weighted by Crippen LogP contribution is -2.48. The minimum Gasteiger partial charge on any atom is -0.503 e. The van der Waals surface area contributed by atoms with E-state index in [2.05, 4.69) is 10.6 Å². The second-order valence-corrected chi connectivity index (χ2v) is 9.83. The average molecular weight is 471 g/mol. The van der Waals surface area contributed by atoms with E-state index in [4.69, 9.17) is 4.74 Å². The number of nitrogens with zero attached hydrogens (tertiary/aromatic N) is 1. The first-order valence-corrected chi connectivity index (χ1v) is 11.4. The van der Waals surface area contributed by atoms with Gasteiger partial charge in [0.2, 0.25) is 5.43 Å². The molecule has 0 bridgehead atoms. The number of hydrogen-bond acceptors (Lipinski definition) is 5. The third-order valence-electron chi connectivity index (χ3n) is 7.48. The van der Waals surface area contributed by atoms with E-state index >= 15 is 0 Å². The number of nitrogens with one attached hydrogen (secondary N) is 2. The number of amides is 2. The van der Waals surface area contributed by atoms with Crippen molar-refractivity contribution in [1.29, 1.82) is 0 Å². The number of aromatic hydroxyl groups is 1. The number of pyridine rings is 1. The van der Waals surface area contributed by atoms with Gasteiger partial charge in [-0.25, -0.2) is 8.78 Å². The Hall–Kier alpha value is -3.27. The molecule has 1 aromatic heterocycles. The van der Waals surface area contributed by atoms with E-state index in [9.17, 15) is 28.3 Å². The Morgan fingerprint density at radius 3 is 2.59 bits per heavy atom. The molecule has 4 aliphatic rings. The largest absolute Gasteiger partial charge is 0.503 e. The fourth-order valence-corrected chi connectivity index (χ4v) is 5.46. The van der Waals surface area contributed by atoms with E-state index in [1.807, 2.05) is 0 Å². The zero-order valence-corrected chi connectivity index (χ0v) is 18.1. The van der Waals surface area contributed by atoms with E-state index in [-0.39, 0.29) is 29.5 Å². The van der Waals surface area contributed by atoms with Gasteiger partial charge in [0.25, 0.3) is 11.8 Å². The smallest absolute Gasteiger partial charge is 0.273 e. The number of ether oxygens (including phenoxy) is 1. The van der Waals surface area contributed by atoms with Crippen LogP contribution in [-0.4, -0.2) is 33.8 Å². The van der Waals surface area contributed by atoms with Crippen LogP contribution >= 0.6 is 0 Å². The average Bonchev–Trinajstić information content (AvgIpc) is 3.68. The maximum Gasteiger partial charge on any atom is 0.273 e. The second kappa shape index (κ2) is 7.36. The molecule has 8 nitrogen and oxygen atoms in total. The molecule has 0 spiro atoms. The first-order valence-electron chi connectivity index (χ1n) is 11.4. The van der Waals surface area contributed by atoms with Gasteiger partial charge in [0.15, 0.2) is 11.4 Å². The summed E-state index contributed by atoms with van der Waals surface area (Å²) in [7, 11) is 0. The zero-order valence-electron chi connectivity index (χ0n) is 18.1. The van der Waals surface area contributed by atoms with Crippen molar-refractivity contribution in [3.63, 3.8) is 0 Å². The van der Waals surface area contributed by atoms with Gasteiger partial charge in [-0.2, -0.15) is 0 Å². The van der Waals surface area contributed by atoms with Crippen LogP contribution in [0.4, 0.5) is 8.78 Å². The molecule has 0 radical (unpaired) electrons. The molecule has 3 aliphatic carbocycles. The minimum absolute atomic E-state index is 0.0479. The molecule has 34 heavy (non-hydrogen) atoms. The van der Waals surface area contributed by atoms with Gasteiger partial charge < -0.3 is 25.0 Å². The molecule has 3 N–H and O–H groups in total. The number of aromatic nitrogens is 1. The summed E-state index contributed by atoms with van der Waals surface area (Å²) < 4.78 is 35.0. The van der Waals surface area contributed by atoms with Gasteiger partial charge in [-0.15, -0.1) is 0 Å². The predicted octanol–water partition coefficient (Wildman–Crippen LogP) is 2.14. The van der Waals surface area contributed by atoms with E-state index in [1.54, 1.807) is 0 Å². The minimum atomic E-state index is -1.05. The van der Waals surface area contributed by atoms with Gasteiger partial charge in [0.05, 0.1) is 18.2 Å². The Balaban J connectivity index is 1.26. The summed E-state index contributed by atoms with van der Waals surface area (Å²) in [5.74, 6) is -2.41. The maximum absolute atomic E-state index is 14.3. The molecule has 1 aliphatic heterocycles. The number of carbonyl (C=O) groups is 2. The summed E-state index contributed by atoms with van der Waals surface area (Å²) in [5, 5.41) is 15.8. The fraction of sp³-hybridized carbons (Fsp3) is 0.458. The highest BCUT2D eigenvalue weighted by Crippen LogP contribution is 2.52. The summed E-state index contributed by atoms with van der Waals surface area (Å²) in [5.41, 5.74) is -2.52. The Morgan fingerprint density at radius 2 is 1.91 bits per heavy atom. The third kappa shape index (κ3) is 3.48. The molecule has 178 valence electrons. The quantitative estimate of drug-likeness (QED) is 0.619. The van der Waals surface area contributed by atoms with Gasteiger partial charge in [0.1, 0.15) is 23.4 Å². The van der Waals surface area contributed by atoms with Gasteiger partial charge >= 0.3 is 0 Å². The van der Waals surface area contributed by atoms with E-state index < -0.39 is 46.4 Å². The lowest BCUT2D eigenvalue weighted by molar-refractivity contribution is -0.0408. The third-order valence-corrected chi connectivity index (χ3v) is 7.48. The molecule has 2 unspecified atom stereocenters. The molecular weight excluding hydrogens is 448 g/mol. The van der Waals surface area contributed by atoms with Crippen LogP contribution in [0.1, 0.15) is 58.5 Å². The highest BCUT2D eigenvalue weighted by Gasteiger charge is 2.49. The predicted molar refractivity (Wildman–Crippen MR) is 114 cm³/mol. The fourth-order valence-electron chi connectivity index (χ4n) is 5.46. The lowest BCUT2D eigenvalue weighted by Gasteiger charge is -2.30. The standard InChI is InChI=1S/C24H23F2N3O5/c25-13-1-2-16(17(26)8-13)24(3-4-24)28-22(32)15-9-29-10-18(34-14-6-11-5-12(11)7-14)27-23(33)19(29)21(31)20(15)30/h1-2,8-9,11-12,14,18,31H,3-7,10H2,(H,27,33)(H,28,32)/t11-,12+,14?,18?. The number of benzene rings is 1. The molecule has 2 amide bonds. The summed E-state index contributed by atoms with van der Waals surface area (Å²) >= 11 is 0.